The van der Waals surface area contributed by atoms with E-state index in [-0.39, 0.29) is 11.3 Å². The van der Waals surface area contributed by atoms with Crippen LogP contribution in [0.25, 0.3) is 0 Å². The zero-order valence-electron chi connectivity index (χ0n) is 6.95. The van der Waals surface area contributed by atoms with E-state index in [9.17, 15) is 13.2 Å². The number of hydrogen-bond donors (Lipinski definition) is 1. The molecule has 0 fully saturated rings. The van der Waals surface area contributed by atoms with Crippen molar-refractivity contribution in [3.63, 3.8) is 0 Å². The van der Waals surface area contributed by atoms with E-state index >= 15 is 0 Å². The van der Waals surface area contributed by atoms with E-state index in [4.69, 9.17) is 5.84 Å². The number of halogens is 3. The molecule has 6 heteroatoms. The Morgan fingerprint density at radius 1 is 1.36 bits per heavy atom. The molecular formula is C8H7F3N2O. The zero-order valence-corrected chi connectivity index (χ0v) is 6.95. The number of rotatable bonds is 3. The average Bonchev–Trinajstić information content (AvgIpc) is 2.01. The molecule has 1 aromatic rings. The first-order chi connectivity index (χ1) is 6.61. The second-order valence-electron chi connectivity index (χ2n) is 2.38. The fourth-order valence-electron chi connectivity index (χ4n) is 0.916. The van der Waals surface area contributed by atoms with Gasteiger partial charge in [0.2, 0.25) is 0 Å². The van der Waals surface area contributed by atoms with Gasteiger partial charge in [-0.15, -0.1) is 0 Å². The summed E-state index contributed by atoms with van der Waals surface area (Å²) in [5.74, 6) is 3.86. The van der Waals surface area contributed by atoms with E-state index < -0.39 is 12.4 Å². The smallest absolute Gasteiger partial charge is 0.387 e. The van der Waals surface area contributed by atoms with Gasteiger partial charge in [-0.25, -0.2) is 4.39 Å². The maximum absolute atomic E-state index is 12.8. The lowest BCUT2D eigenvalue weighted by atomic mass is 10.2. The normalized spacial score (nSPS) is 11.1. The van der Waals surface area contributed by atoms with Crippen LogP contribution in [0.3, 0.4) is 0 Å². The first kappa shape index (κ1) is 10.4. The fraction of sp³-hybridized carbons (Fsp3) is 0.125. The Labute approximate surface area is 78.0 Å². The lowest BCUT2D eigenvalue weighted by Crippen LogP contribution is -2.02. The summed E-state index contributed by atoms with van der Waals surface area (Å²) >= 11 is 0. The van der Waals surface area contributed by atoms with Gasteiger partial charge in [0, 0.05) is 11.6 Å². The number of nitrogens with two attached hydrogens (primary N) is 1. The number of benzene rings is 1. The van der Waals surface area contributed by atoms with Gasteiger partial charge >= 0.3 is 6.61 Å². The lowest BCUT2D eigenvalue weighted by molar-refractivity contribution is -0.0499. The van der Waals surface area contributed by atoms with Crippen molar-refractivity contribution >= 4 is 6.21 Å². The van der Waals surface area contributed by atoms with Crippen molar-refractivity contribution in [1.82, 2.24) is 0 Å². The number of nitrogens with zero attached hydrogens (tertiary/aromatic N) is 1. The minimum absolute atomic E-state index is 0.253. The third kappa shape index (κ3) is 2.96. The van der Waals surface area contributed by atoms with E-state index in [1.54, 1.807) is 0 Å². The van der Waals surface area contributed by atoms with Crippen LogP contribution in [-0.4, -0.2) is 12.8 Å². The molecule has 0 spiro atoms. The van der Waals surface area contributed by atoms with Gasteiger partial charge in [-0.2, -0.15) is 13.9 Å². The number of alkyl halides is 2. The molecule has 2 N–H and O–H groups in total. The van der Waals surface area contributed by atoms with Crippen molar-refractivity contribution in [2.45, 2.75) is 6.61 Å². The summed E-state index contributed by atoms with van der Waals surface area (Å²) in [6, 6.07) is 3.14. The standard InChI is InChI=1S/C8H7F3N2O/c9-6-1-5(4-13-12)2-7(3-6)14-8(10)11/h1-4,8H,12H2. The molecule has 0 aliphatic carbocycles. The minimum atomic E-state index is -2.99. The second-order valence-corrected chi connectivity index (χ2v) is 2.38. The molecule has 0 radical (unpaired) electrons. The Balaban J connectivity index is 2.94. The predicted octanol–water partition coefficient (Wildman–Crippen LogP) is 1.72. The van der Waals surface area contributed by atoms with E-state index in [0.29, 0.717) is 0 Å². The molecule has 0 heterocycles. The van der Waals surface area contributed by atoms with Crippen molar-refractivity contribution in [2.24, 2.45) is 10.9 Å². The molecule has 0 bridgehead atoms. The van der Waals surface area contributed by atoms with Crippen LogP contribution >= 0.6 is 0 Å². The monoisotopic (exact) mass is 204 g/mol. The van der Waals surface area contributed by atoms with E-state index in [2.05, 4.69) is 9.84 Å². The van der Waals surface area contributed by atoms with Gasteiger partial charge in [0.25, 0.3) is 0 Å². The summed E-state index contributed by atoms with van der Waals surface area (Å²) in [5, 5.41) is 3.13. The van der Waals surface area contributed by atoms with Crippen LogP contribution < -0.4 is 10.6 Å². The Bertz CT molecular complexity index is 341. The zero-order chi connectivity index (χ0) is 10.6. The maximum atomic E-state index is 12.8. The Kier molecular flexibility index (Phi) is 3.33. The van der Waals surface area contributed by atoms with Gasteiger partial charge in [-0.1, -0.05) is 0 Å². The fourth-order valence-corrected chi connectivity index (χ4v) is 0.916. The number of hydrogen-bond acceptors (Lipinski definition) is 3. The molecule has 0 aliphatic rings. The maximum Gasteiger partial charge on any atom is 0.387 e. The van der Waals surface area contributed by atoms with Gasteiger partial charge < -0.3 is 10.6 Å². The SMILES string of the molecule is NN=Cc1cc(F)cc(OC(F)F)c1. The molecule has 1 rings (SSSR count). The highest BCUT2D eigenvalue weighted by molar-refractivity contribution is 5.79. The molecular weight excluding hydrogens is 197 g/mol. The first-order valence-corrected chi connectivity index (χ1v) is 3.60. The van der Waals surface area contributed by atoms with Gasteiger partial charge in [0.1, 0.15) is 11.6 Å². The molecule has 0 saturated carbocycles. The summed E-state index contributed by atoms with van der Waals surface area (Å²) in [4.78, 5) is 0. The quantitative estimate of drug-likeness (QED) is 0.463. The third-order valence-corrected chi connectivity index (χ3v) is 1.34. The summed E-state index contributed by atoms with van der Waals surface area (Å²) in [7, 11) is 0. The van der Waals surface area contributed by atoms with Crippen molar-refractivity contribution in [3.05, 3.63) is 29.6 Å². The van der Waals surface area contributed by atoms with Gasteiger partial charge in [0.05, 0.1) is 6.21 Å². The predicted molar refractivity (Wildman–Crippen MR) is 44.8 cm³/mol. The highest BCUT2D eigenvalue weighted by Gasteiger charge is 2.06. The minimum Gasteiger partial charge on any atom is -0.435 e. The molecule has 1 aromatic carbocycles. The van der Waals surface area contributed by atoms with Crippen LogP contribution in [0.2, 0.25) is 0 Å². The topological polar surface area (TPSA) is 47.6 Å². The summed E-state index contributed by atoms with van der Waals surface area (Å²) < 4.78 is 40.3. The third-order valence-electron chi connectivity index (χ3n) is 1.34. The van der Waals surface area contributed by atoms with Crippen molar-refractivity contribution in [1.29, 1.82) is 0 Å². The van der Waals surface area contributed by atoms with Crippen molar-refractivity contribution in [3.8, 4) is 5.75 Å². The van der Waals surface area contributed by atoms with Crippen LogP contribution in [-0.2, 0) is 0 Å². The molecule has 0 amide bonds. The van der Waals surface area contributed by atoms with Crippen molar-refractivity contribution in [2.75, 3.05) is 0 Å². The molecule has 76 valence electrons. The summed E-state index contributed by atoms with van der Waals surface area (Å²) in [5.41, 5.74) is 0.253. The molecule has 0 atom stereocenters. The van der Waals surface area contributed by atoms with E-state index in [1.165, 1.54) is 6.07 Å². The number of hydrazone groups is 1. The average molecular weight is 204 g/mol. The van der Waals surface area contributed by atoms with Crippen LogP contribution in [0.4, 0.5) is 13.2 Å². The summed E-state index contributed by atoms with van der Waals surface area (Å²) in [6.45, 7) is -2.99. The molecule has 3 nitrogen and oxygen atoms in total. The van der Waals surface area contributed by atoms with Crippen LogP contribution in [0.1, 0.15) is 5.56 Å². The summed E-state index contributed by atoms with van der Waals surface area (Å²) in [6.07, 6.45) is 1.13. The molecule has 14 heavy (non-hydrogen) atoms. The molecule has 0 aliphatic heterocycles. The Morgan fingerprint density at radius 2 is 2.07 bits per heavy atom. The largest absolute Gasteiger partial charge is 0.435 e. The lowest BCUT2D eigenvalue weighted by Gasteiger charge is -2.04. The number of ether oxygens (including phenoxy) is 1. The second kappa shape index (κ2) is 4.50. The van der Waals surface area contributed by atoms with Crippen LogP contribution in [0, 0.1) is 5.82 Å². The van der Waals surface area contributed by atoms with Gasteiger partial charge in [0.15, 0.2) is 0 Å². The van der Waals surface area contributed by atoms with Crippen LogP contribution in [0.15, 0.2) is 23.3 Å². The molecule has 0 unspecified atom stereocenters. The van der Waals surface area contributed by atoms with Crippen LogP contribution in [0.5, 0.6) is 5.75 Å². The van der Waals surface area contributed by atoms with Gasteiger partial charge in [-0.05, 0) is 12.1 Å². The van der Waals surface area contributed by atoms with E-state index in [1.807, 2.05) is 0 Å². The van der Waals surface area contributed by atoms with Gasteiger partial charge in [-0.3, -0.25) is 0 Å². The Hall–Kier alpha value is -1.72. The molecule has 0 aromatic heterocycles. The first-order valence-electron chi connectivity index (χ1n) is 3.60. The highest BCUT2D eigenvalue weighted by Crippen LogP contribution is 2.17. The van der Waals surface area contributed by atoms with Crippen molar-refractivity contribution < 1.29 is 17.9 Å². The van der Waals surface area contributed by atoms with E-state index in [0.717, 1.165) is 18.3 Å². The highest BCUT2D eigenvalue weighted by atomic mass is 19.3. The Morgan fingerprint density at radius 3 is 2.64 bits per heavy atom. The molecule has 0 saturated heterocycles.